The third-order valence-electron chi connectivity index (χ3n) is 5.80. The van der Waals surface area contributed by atoms with Crippen molar-refractivity contribution in [2.75, 3.05) is 14.2 Å². The number of amides is 1. The summed E-state index contributed by atoms with van der Waals surface area (Å²) in [5.74, 6) is -0.0159. The van der Waals surface area contributed by atoms with E-state index in [4.69, 9.17) is 4.74 Å². The summed E-state index contributed by atoms with van der Waals surface area (Å²) in [6.45, 7) is 0.227. The quantitative estimate of drug-likeness (QED) is 0.689. The van der Waals surface area contributed by atoms with Gasteiger partial charge in [-0.1, -0.05) is 62.4 Å². The monoisotopic (exact) mass is 444 g/mol. The third kappa shape index (κ3) is 6.08. The van der Waals surface area contributed by atoms with E-state index in [1.165, 1.54) is 43.8 Å². The van der Waals surface area contributed by atoms with Crippen molar-refractivity contribution in [2.24, 2.45) is 0 Å². The van der Waals surface area contributed by atoms with Gasteiger partial charge in [-0.3, -0.25) is 4.79 Å². The van der Waals surface area contributed by atoms with Crippen LogP contribution in [0.1, 0.15) is 60.9 Å². The van der Waals surface area contributed by atoms with Crippen molar-refractivity contribution in [3.05, 3.63) is 59.7 Å². The summed E-state index contributed by atoms with van der Waals surface area (Å²) < 4.78 is 33.1. The minimum absolute atomic E-state index is 0.00116. The molecular formula is C24H32N2O4S. The summed E-state index contributed by atoms with van der Waals surface area (Å²) in [6.07, 6.45) is 7.81. The van der Waals surface area contributed by atoms with E-state index in [2.05, 4.69) is 5.32 Å². The number of sulfonamides is 1. The van der Waals surface area contributed by atoms with Crippen LogP contribution < -0.4 is 10.1 Å². The van der Waals surface area contributed by atoms with Crippen LogP contribution in [0.5, 0.6) is 5.75 Å². The third-order valence-corrected chi connectivity index (χ3v) is 7.63. The fourth-order valence-electron chi connectivity index (χ4n) is 3.98. The predicted molar refractivity (Wildman–Crippen MR) is 122 cm³/mol. The second-order valence-corrected chi connectivity index (χ2v) is 10.1. The Hall–Kier alpha value is -2.38. The maximum Gasteiger partial charge on any atom is 0.251 e. The van der Waals surface area contributed by atoms with E-state index in [0.717, 1.165) is 31.2 Å². The standard InChI is InChI=1S/C24H32N2O4S/c1-26(18-19-11-7-6-8-12-19)31(28,29)23-17-20(15-16-22(23)30-2)24(27)25-21-13-9-4-3-5-10-14-21/h6-8,11-12,15-17,21H,3-5,9-10,13-14,18H2,1-2H3,(H,25,27). The average Bonchev–Trinajstić information content (AvgIpc) is 2.75. The molecule has 0 spiro atoms. The Morgan fingerprint density at radius 2 is 1.68 bits per heavy atom. The summed E-state index contributed by atoms with van der Waals surface area (Å²) >= 11 is 0. The lowest BCUT2D eigenvalue weighted by atomic mass is 9.96. The molecule has 1 saturated carbocycles. The molecule has 1 aliphatic carbocycles. The topological polar surface area (TPSA) is 75.7 Å². The van der Waals surface area contributed by atoms with Gasteiger partial charge in [0.05, 0.1) is 7.11 Å². The minimum Gasteiger partial charge on any atom is -0.495 e. The molecule has 0 atom stereocenters. The summed E-state index contributed by atoms with van der Waals surface area (Å²) in [5, 5.41) is 3.10. The van der Waals surface area contributed by atoms with Crippen LogP contribution in [-0.4, -0.2) is 38.8 Å². The van der Waals surface area contributed by atoms with Crippen molar-refractivity contribution in [2.45, 2.75) is 62.4 Å². The number of carbonyl (C=O) groups is 1. The van der Waals surface area contributed by atoms with Crippen LogP contribution in [0.25, 0.3) is 0 Å². The molecule has 1 N–H and O–H groups in total. The average molecular weight is 445 g/mol. The normalized spacial score (nSPS) is 15.8. The smallest absolute Gasteiger partial charge is 0.251 e. The van der Waals surface area contributed by atoms with Gasteiger partial charge in [0, 0.05) is 25.2 Å². The van der Waals surface area contributed by atoms with Gasteiger partial charge in [0.25, 0.3) is 5.91 Å². The van der Waals surface area contributed by atoms with Crippen molar-refractivity contribution in [3.63, 3.8) is 0 Å². The number of nitrogens with zero attached hydrogens (tertiary/aromatic N) is 1. The fraction of sp³-hybridized carbons (Fsp3) is 0.458. The zero-order chi connectivity index (χ0) is 22.3. The summed E-state index contributed by atoms with van der Waals surface area (Å²) in [4.78, 5) is 12.9. The number of hydrogen-bond acceptors (Lipinski definition) is 4. The van der Waals surface area contributed by atoms with Crippen LogP contribution in [0.3, 0.4) is 0 Å². The van der Waals surface area contributed by atoms with Crippen LogP contribution >= 0.6 is 0 Å². The first kappa shape index (κ1) is 23.3. The number of benzene rings is 2. The zero-order valence-electron chi connectivity index (χ0n) is 18.3. The van der Waals surface area contributed by atoms with Crippen LogP contribution in [0.2, 0.25) is 0 Å². The number of rotatable bonds is 7. The van der Waals surface area contributed by atoms with Crippen LogP contribution in [0.15, 0.2) is 53.4 Å². The van der Waals surface area contributed by atoms with E-state index >= 15 is 0 Å². The highest BCUT2D eigenvalue weighted by Crippen LogP contribution is 2.28. The highest BCUT2D eigenvalue weighted by molar-refractivity contribution is 7.89. The molecule has 0 aliphatic heterocycles. The van der Waals surface area contributed by atoms with Gasteiger partial charge in [0.1, 0.15) is 10.6 Å². The largest absolute Gasteiger partial charge is 0.495 e. The SMILES string of the molecule is COc1ccc(C(=O)NC2CCCCCCC2)cc1S(=O)(=O)N(C)Cc1ccccc1. The van der Waals surface area contributed by atoms with Gasteiger partial charge < -0.3 is 10.1 Å². The zero-order valence-corrected chi connectivity index (χ0v) is 19.2. The van der Waals surface area contributed by atoms with Crippen molar-refractivity contribution < 1.29 is 17.9 Å². The van der Waals surface area contributed by atoms with E-state index in [1.807, 2.05) is 30.3 Å². The van der Waals surface area contributed by atoms with Gasteiger partial charge in [-0.15, -0.1) is 0 Å². The Bertz CT molecular complexity index is 968. The molecule has 0 radical (unpaired) electrons. The second kappa shape index (κ2) is 10.8. The molecule has 6 nitrogen and oxygen atoms in total. The Kier molecular flexibility index (Phi) is 8.09. The first-order valence-corrected chi connectivity index (χ1v) is 12.3. The molecule has 2 aromatic carbocycles. The van der Waals surface area contributed by atoms with E-state index in [1.54, 1.807) is 12.1 Å². The van der Waals surface area contributed by atoms with E-state index < -0.39 is 10.0 Å². The van der Waals surface area contributed by atoms with Gasteiger partial charge >= 0.3 is 0 Å². The van der Waals surface area contributed by atoms with Gasteiger partial charge in [0.15, 0.2) is 0 Å². The maximum absolute atomic E-state index is 13.3. The molecule has 0 bridgehead atoms. The first-order chi connectivity index (χ1) is 14.9. The Balaban J connectivity index is 1.81. The highest BCUT2D eigenvalue weighted by Gasteiger charge is 2.27. The van der Waals surface area contributed by atoms with Crippen LogP contribution in [0, 0.1) is 0 Å². The lowest BCUT2D eigenvalue weighted by Gasteiger charge is -2.22. The van der Waals surface area contributed by atoms with Gasteiger partial charge in [-0.2, -0.15) is 4.31 Å². The summed E-state index contributed by atoms with van der Waals surface area (Å²) in [6, 6.07) is 14.1. The molecule has 1 aliphatic rings. The summed E-state index contributed by atoms with van der Waals surface area (Å²) in [7, 11) is -0.890. The van der Waals surface area contributed by atoms with Gasteiger partial charge in [-0.25, -0.2) is 8.42 Å². The minimum atomic E-state index is -3.85. The van der Waals surface area contributed by atoms with Gasteiger partial charge in [-0.05, 0) is 36.6 Å². The highest BCUT2D eigenvalue weighted by atomic mass is 32.2. The molecule has 3 rings (SSSR count). The molecule has 168 valence electrons. The lowest BCUT2D eigenvalue weighted by Crippen LogP contribution is -2.35. The molecule has 0 aromatic heterocycles. The molecular weight excluding hydrogens is 412 g/mol. The van der Waals surface area contributed by atoms with E-state index in [-0.39, 0.29) is 29.1 Å². The Morgan fingerprint density at radius 3 is 2.32 bits per heavy atom. The number of nitrogens with one attached hydrogen (secondary N) is 1. The molecule has 31 heavy (non-hydrogen) atoms. The van der Waals surface area contributed by atoms with Crippen molar-refractivity contribution in [1.82, 2.24) is 9.62 Å². The number of carbonyl (C=O) groups excluding carboxylic acids is 1. The number of ether oxygens (including phenoxy) is 1. The molecule has 2 aromatic rings. The van der Waals surface area contributed by atoms with Crippen molar-refractivity contribution in [3.8, 4) is 5.75 Å². The maximum atomic E-state index is 13.3. The second-order valence-electron chi connectivity index (χ2n) is 8.13. The molecule has 7 heteroatoms. The predicted octanol–water partition coefficient (Wildman–Crippen LogP) is 4.36. The van der Waals surface area contributed by atoms with Gasteiger partial charge in [0.2, 0.25) is 10.0 Å². The lowest BCUT2D eigenvalue weighted by molar-refractivity contribution is 0.0930. The molecule has 0 saturated heterocycles. The van der Waals surface area contributed by atoms with E-state index in [9.17, 15) is 13.2 Å². The fourth-order valence-corrected chi connectivity index (χ4v) is 5.32. The number of hydrogen-bond donors (Lipinski definition) is 1. The first-order valence-electron chi connectivity index (χ1n) is 10.9. The van der Waals surface area contributed by atoms with Crippen molar-refractivity contribution >= 4 is 15.9 Å². The summed E-state index contributed by atoms with van der Waals surface area (Å²) in [5.41, 5.74) is 1.21. The Labute approximate surface area is 185 Å². The molecule has 1 fully saturated rings. The number of methoxy groups -OCH3 is 1. The van der Waals surface area contributed by atoms with Crippen LogP contribution in [-0.2, 0) is 16.6 Å². The van der Waals surface area contributed by atoms with E-state index in [0.29, 0.717) is 5.56 Å². The molecule has 1 amide bonds. The Morgan fingerprint density at radius 1 is 1.03 bits per heavy atom. The molecule has 0 heterocycles. The van der Waals surface area contributed by atoms with Crippen LogP contribution in [0.4, 0.5) is 0 Å². The molecule has 0 unspecified atom stereocenters. The van der Waals surface area contributed by atoms with Crippen molar-refractivity contribution in [1.29, 1.82) is 0 Å².